The SMILES string of the molecule is CC(=O)OC[C@@H]1C[C@@H](O)[C@H]2O[C@H]2[C@]1(O)COC(C)=O. The number of ether oxygens (including phenoxy) is 3. The highest BCUT2D eigenvalue weighted by atomic mass is 16.6. The fourth-order valence-corrected chi connectivity index (χ4v) is 2.53. The molecule has 7 nitrogen and oxygen atoms in total. The van der Waals surface area contributed by atoms with Gasteiger partial charge in [0, 0.05) is 19.8 Å². The second kappa shape index (κ2) is 5.07. The van der Waals surface area contributed by atoms with Crippen molar-refractivity contribution >= 4 is 11.9 Å². The molecule has 5 atom stereocenters. The van der Waals surface area contributed by atoms with Crippen LogP contribution in [0.2, 0.25) is 0 Å². The maximum Gasteiger partial charge on any atom is 0.302 e. The summed E-state index contributed by atoms with van der Waals surface area (Å²) in [5, 5.41) is 20.4. The van der Waals surface area contributed by atoms with Gasteiger partial charge in [0.2, 0.25) is 0 Å². The summed E-state index contributed by atoms with van der Waals surface area (Å²) in [4.78, 5) is 21.7. The molecule has 0 aromatic carbocycles. The second-order valence-corrected chi connectivity index (χ2v) is 5.10. The van der Waals surface area contributed by atoms with Crippen LogP contribution in [-0.4, -0.2) is 59.3 Å². The topological polar surface area (TPSA) is 106 Å². The third kappa shape index (κ3) is 2.88. The van der Waals surface area contributed by atoms with Crippen molar-refractivity contribution in [2.45, 2.75) is 44.2 Å². The van der Waals surface area contributed by atoms with Crippen LogP contribution in [0, 0.1) is 5.92 Å². The van der Waals surface area contributed by atoms with Gasteiger partial charge in [0.25, 0.3) is 0 Å². The van der Waals surface area contributed by atoms with Gasteiger partial charge < -0.3 is 24.4 Å². The number of aliphatic hydroxyl groups is 2. The Kier molecular flexibility index (Phi) is 3.80. The fourth-order valence-electron chi connectivity index (χ4n) is 2.53. The number of carbonyl (C=O) groups is 2. The molecule has 2 aliphatic rings. The summed E-state index contributed by atoms with van der Waals surface area (Å²) >= 11 is 0. The van der Waals surface area contributed by atoms with Crippen molar-refractivity contribution in [2.75, 3.05) is 13.2 Å². The van der Waals surface area contributed by atoms with Gasteiger partial charge in [0.15, 0.2) is 0 Å². The van der Waals surface area contributed by atoms with E-state index in [0.29, 0.717) is 0 Å². The van der Waals surface area contributed by atoms with Gasteiger partial charge in [0.1, 0.15) is 24.4 Å². The summed E-state index contributed by atoms with van der Waals surface area (Å²) in [6, 6.07) is 0. The molecule has 19 heavy (non-hydrogen) atoms. The zero-order chi connectivity index (χ0) is 14.2. The Morgan fingerprint density at radius 1 is 1.32 bits per heavy atom. The quantitative estimate of drug-likeness (QED) is 0.500. The molecule has 2 rings (SSSR count). The zero-order valence-electron chi connectivity index (χ0n) is 10.9. The molecule has 1 aliphatic carbocycles. The van der Waals surface area contributed by atoms with E-state index in [1.165, 1.54) is 13.8 Å². The summed E-state index contributed by atoms with van der Waals surface area (Å²) < 4.78 is 15.0. The summed E-state index contributed by atoms with van der Waals surface area (Å²) in [6.07, 6.45) is -1.50. The van der Waals surface area contributed by atoms with E-state index in [2.05, 4.69) is 0 Å². The van der Waals surface area contributed by atoms with Crippen LogP contribution in [0.15, 0.2) is 0 Å². The minimum atomic E-state index is -1.43. The summed E-state index contributed by atoms with van der Waals surface area (Å²) in [5.74, 6) is -1.51. The van der Waals surface area contributed by atoms with Crippen molar-refractivity contribution < 1.29 is 34.0 Å². The summed E-state index contributed by atoms with van der Waals surface area (Å²) in [6.45, 7) is 2.23. The van der Waals surface area contributed by atoms with E-state index in [1.54, 1.807) is 0 Å². The van der Waals surface area contributed by atoms with E-state index >= 15 is 0 Å². The standard InChI is InChI=1S/C12H18O7/c1-6(13)17-4-8-3-9(15)10-11(19-10)12(8,16)5-18-7(2)14/h8-11,15-16H,3-5H2,1-2H3/t8-,9+,10+,11+,12-/m0/s1. The van der Waals surface area contributed by atoms with Crippen LogP contribution in [-0.2, 0) is 23.8 Å². The van der Waals surface area contributed by atoms with Crippen molar-refractivity contribution in [2.24, 2.45) is 5.92 Å². The number of hydrogen-bond acceptors (Lipinski definition) is 7. The lowest BCUT2D eigenvalue weighted by molar-refractivity contribution is -0.167. The first-order valence-electron chi connectivity index (χ1n) is 6.17. The van der Waals surface area contributed by atoms with Gasteiger partial charge in [-0.3, -0.25) is 9.59 Å². The summed E-state index contributed by atoms with van der Waals surface area (Å²) in [7, 11) is 0. The van der Waals surface area contributed by atoms with Crippen molar-refractivity contribution in [3.05, 3.63) is 0 Å². The molecule has 2 N–H and O–H groups in total. The number of carbonyl (C=O) groups excluding carboxylic acids is 2. The molecule has 0 spiro atoms. The number of hydrogen-bond donors (Lipinski definition) is 2. The first-order valence-corrected chi connectivity index (χ1v) is 6.17. The third-order valence-electron chi connectivity index (χ3n) is 3.62. The molecule has 108 valence electrons. The number of esters is 2. The van der Waals surface area contributed by atoms with Gasteiger partial charge in [-0.15, -0.1) is 0 Å². The normalized spacial score (nSPS) is 40.2. The van der Waals surface area contributed by atoms with Crippen LogP contribution in [0.5, 0.6) is 0 Å². The van der Waals surface area contributed by atoms with Gasteiger partial charge in [-0.25, -0.2) is 0 Å². The Morgan fingerprint density at radius 3 is 2.53 bits per heavy atom. The van der Waals surface area contributed by atoms with Gasteiger partial charge >= 0.3 is 11.9 Å². The molecule has 0 aromatic rings. The molecule has 0 radical (unpaired) electrons. The van der Waals surface area contributed by atoms with Crippen LogP contribution in [0.4, 0.5) is 0 Å². The Hall–Kier alpha value is -1.18. The molecule has 1 saturated heterocycles. The Balaban J connectivity index is 2.06. The van der Waals surface area contributed by atoms with E-state index in [0.717, 1.165) is 0 Å². The van der Waals surface area contributed by atoms with Gasteiger partial charge in [-0.2, -0.15) is 0 Å². The first-order chi connectivity index (χ1) is 8.84. The van der Waals surface area contributed by atoms with Crippen molar-refractivity contribution in [3.8, 4) is 0 Å². The molecule has 0 amide bonds. The lowest BCUT2D eigenvalue weighted by Crippen LogP contribution is -2.55. The Morgan fingerprint density at radius 2 is 1.95 bits per heavy atom. The number of aliphatic hydroxyl groups excluding tert-OH is 1. The molecule has 0 bridgehead atoms. The van der Waals surface area contributed by atoms with E-state index in [-0.39, 0.29) is 19.6 Å². The highest BCUT2D eigenvalue weighted by molar-refractivity contribution is 5.66. The third-order valence-corrected chi connectivity index (χ3v) is 3.62. The highest BCUT2D eigenvalue weighted by Gasteiger charge is 2.65. The fraction of sp³-hybridized carbons (Fsp3) is 0.833. The van der Waals surface area contributed by atoms with Crippen molar-refractivity contribution in [3.63, 3.8) is 0 Å². The maximum atomic E-state index is 10.9. The Bertz CT molecular complexity index is 382. The predicted octanol–water partition coefficient (Wildman–Crippen LogP) is -1.01. The van der Waals surface area contributed by atoms with Crippen molar-refractivity contribution in [1.82, 2.24) is 0 Å². The summed E-state index contributed by atoms with van der Waals surface area (Å²) in [5.41, 5.74) is -1.43. The lowest BCUT2D eigenvalue weighted by Gasteiger charge is -2.38. The van der Waals surface area contributed by atoms with E-state index < -0.39 is 41.8 Å². The van der Waals surface area contributed by atoms with Crippen LogP contribution >= 0.6 is 0 Å². The molecule has 1 saturated carbocycles. The van der Waals surface area contributed by atoms with Crippen LogP contribution in [0.25, 0.3) is 0 Å². The largest absolute Gasteiger partial charge is 0.465 e. The van der Waals surface area contributed by atoms with Crippen LogP contribution in [0.1, 0.15) is 20.3 Å². The zero-order valence-corrected chi connectivity index (χ0v) is 10.9. The molecular weight excluding hydrogens is 256 g/mol. The molecule has 0 aromatic heterocycles. The minimum Gasteiger partial charge on any atom is -0.465 e. The Labute approximate surface area is 110 Å². The first kappa shape index (κ1) is 14.2. The molecule has 0 unspecified atom stereocenters. The van der Waals surface area contributed by atoms with Gasteiger partial charge in [0.05, 0.1) is 12.7 Å². The average molecular weight is 274 g/mol. The van der Waals surface area contributed by atoms with Gasteiger partial charge in [-0.05, 0) is 6.42 Å². The minimum absolute atomic E-state index is 0.0449. The maximum absolute atomic E-state index is 10.9. The van der Waals surface area contributed by atoms with Crippen LogP contribution < -0.4 is 0 Å². The second-order valence-electron chi connectivity index (χ2n) is 5.10. The molecular formula is C12H18O7. The van der Waals surface area contributed by atoms with Crippen LogP contribution in [0.3, 0.4) is 0 Å². The van der Waals surface area contributed by atoms with Crippen molar-refractivity contribution in [1.29, 1.82) is 0 Å². The molecule has 1 aliphatic heterocycles. The lowest BCUT2D eigenvalue weighted by atomic mass is 9.75. The number of epoxide rings is 1. The predicted molar refractivity (Wildman–Crippen MR) is 61.0 cm³/mol. The monoisotopic (exact) mass is 274 g/mol. The van der Waals surface area contributed by atoms with E-state index in [4.69, 9.17) is 14.2 Å². The number of rotatable bonds is 4. The highest BCUT2D eigenvalue weighted by Crippen LogP contribution is 2.47. The molecule has 7 heteroatoms. The smallest absolute Gasteiger partial charge is 0.302 e. The molecule has 1 heterocycles. The average Bonchev–Trinajstić information content (AvgIpc) is 3.10. The molecule has 2 fully saturated rings. The van der Waals surface area contributed by atoms with E-state index in [1.807, 2.05) is 0 Å². The van der Waals surface area contributed by atoms with E-state index in [9.17, 15) is 19.8 Å². The number of fused-ring (bicyclic) bond motifs is 1. The van der Waals surface area contributed by atoms with Gasteiger partial charge in [-0.1, -0.05) is 0 Å².